The molecule has 2 aromatic rings. The first-order valence-electron chi connectivity index (χ1n) is 12.0. The Bertz CT molecular complexity index is 1020. The molecule has 0 heterocycles. The number of nitrogens with zero attached hydrogens (tertiary/aromatic N) is 1. The molecule has 234 valence electrons. The summed E-state index contributed by atoms with van der Waals surface area (Å²) in [7, 11) is 0. The number of nitro benzene ring substituents is 1. The van der Waals surface area contributed by atoms with Gasteiger partial charge in [0.25, 0.3) is 5.69 Å². The Labute approximate surface area is 234 Å². The maximum absolute atomic E-state index is 11.6. The van der Waals surface area contributed by atoms with Crippen LogP contribution in [0.5, 0.6) is 5.75 Å². The van der Waals surface area contributed by atoms with Crippen molar-refractivity contribution >= 4 is 36.3 Å². The molecule has 0 aromatic heterocycles. The van der Waals surface area contributed by atoms with Gasteiger partial charge in [0.2, 0.25) is 12.3 Å². The number of carbonyl (C=O) groups excluding carboxylic acids is 4. The van der Waals surface area contributed by atoms with Gasteiger partial charge in [-0.15, -0.1) is 0 Å². The standard InChI is InChI=1S/C17H15N3O7.C6H12NO.C3H9N.CH4.Fm/c21-11-18-9-16(22)19-13-3-1-12(2-4-13)10-26-17(23)27-15-7-5-14(6-8-15)20(24)25;1-5(2)6(3)7-4-8;1-2-3-4;;/h1-8,11H,9-10H2,(H,18,21)(H,19,22);5-6H,1-3H3,(H,7,8);2-4H2,1H3;1H4;/q;-1;;;. The van der Waals surface area contributed by atoms with Crippen LogP contribution in [0.1, 0.15) is 47.1 Å². The van der Waals surface area contributed by atoms with E-state index >= 15 is 0 Å². The summed E-state index contributed by atoms with van der Waals surface area (Å²) in [6.45, 7) is 8.73. The molecule has 13 nitrogen and oxygen atoms in total. The number of carbonyl (C=O) groups is 3. The topological polar surface area (TPSA) is 192 Å². The molecular weight excluding hydrogens is 779 g/mol. The molecule has 2 rings (SSSR count). The fourth-order valence-corrected chi connectivity index (χ4v) is 2.19. The molecule has 0 aliphatic carbocycles. The number of nitro groups is 1. The van der Waals surface area contributed by atoms with Crippen LogP contribution in [0.3, 0.4) is 0 Å². The monoisotopic (exact) mass is 819 g/mol. The van der Waals surface area contributed by atoms with Gasteiger partial charge in [-0.2, -0.15) is 6.41 Å². The number of nitrogens with two attached hydrogens (primary N) is 1. The second-order valence-corrected chi connectivity index (χ2v) is 8.20. The minimum absolute atomic E-state index is 0. The van der Waals surface area contributed by atoms with E-state index in [9.17, 15) is 29.3 Å². The zero-order valence-electron chi connectivity index (χ0n) is 22.8. The van der Waals surface area contributed by atoms with Crippen LogP contribution in [0.2, 0.25) is 0 Å². The Morgan fingerprint density at radius 1 is 1.10 bits per heavy atom. The summed E-state index contributed by atoms with van der Waals surface area (Å²) in [5.74, 6) is 0.238. The molecule has 2 aromatic carbocycles. The number of ether oxygens (including phenoxy) is 2. The van der Waals surface area contributed by atoms with Gasteiger partial charge in [0.1, 0.15) is 12.4 Å². The molecule has 0 fully saturated rings. The molecule has 0 saturated heterocycles. The van der Waals surface area contributed by atoms with E-state index < -0.39 is 11.1 Å². The fraction of sp³-hybridized carbons (Fsp3) is 0.407. The maximum atomic E-state index is 11.6. The van der Waals surface area contributed by atoms with Crippen LogP contribution in [0.15, 0.2) is 48.5 Å². The second kappa shape index (κ2) is 23.6. The van der Waals surface area contributed by atoms with E-state index in [4.69, 9.17) is 15.2 Å². The normalized spacial score (nSPS) is 9.80. The van der Waals surface area contributed by atoms with Gasteiger partial charge in [0.05, 0.1) is 11.5 Å². The van der Waals surface area contributed by atoms with Crippen LogP contribution in [0.4, 0.5) is 16.2 Å². The largest absolute Gasteiger partial charge is 0.527 e. The molecule has 0 radical (unpaired) electrons. The van der Waals surface area contributed by atoms with Gasteiger partial charge in [-0.05, 0) is 61.7 Å². The molecule has 1 unspecified atom stereocenters. The third-order valence-corrected chi connectivity index (χ3v) is 4.76. The second-order valence-electron chi connectivity index (χ2n) is 8.20. The molecule has 14 heteroatoms. The van der Waals surface area contributed by atoms with Gasteiger partial charge < -0.3 is 36.0 Å². The van der Waals surface area contributed by atoms with Crippen molar-refractivity contribution in [2.45, 2.75) is 54.2 Å². The molecule has 0 spiro atoms. The smallest absolute Gasteiger partial charge is 0.514 e. The minimum Gasteiger partial charge on any atom is -0.527 e. The van der Waals surface area contributed by atoms with E-state index in [0.717, 1.165) is 13.0 Å². The zero-order valence-corrected chi connectivity index (χ0v) is 25.2. The van der Waals surface area contributed by atoms with Crippen LogP contribution in [0.25, 0.3) is 0 Å². The van der Waals surface area contributed by atoms with Crippen LogP contribution < -0.4 is 26.4 Å². The summed E-state index contributed by atoms with van der Waals surface area (Å²) in [4.78, 5) is 52.9. The number of benzene rings is 2. The Morgan fingerprint density at radius 2 is 1.66 bits per heavy atom. The van der Waals surface area contributed by atoms with Gasteiger partial charge in [-0.3, -0.25) is 19.7 Å². The quantitative estimate of drug-likeness (QED) is 0.0471. The van der Waals surface area contributed by atoms with Gasteiger partial charge in [-0.25, -0.2) is 4.79 Å². The van der Waals surface area contributed by atoms with Crippen molar-refractivity contribution in [3.8, 4) is 5.75 Å². The van der Waals surface area contributed by atoms with E-state index in [1.165, 1.54) is 24.3 Å². The summed E-state index contributed by atoms with van der Waals surface area (Å²) in [6, 6.07) is 11.7. The Morgan fingerprint density at radius 3 is 2.07 bits per heavy atom. The SMILES string of the molecule is C.CC(C)C(C)N[C-]=O.CCCN.O=CNCC(=O)Nc1ccc(COC(=O)Oc2ccc([N+](=O)[O-])cc2)cc1.[Fm]. The number of non-ortho nitro benzene ring substituents is 1. The van der Waals surface area contributed by atoms with E-state index in [0.29, 0.717) is 23.6 Å². The third-order valence-electron chi connectivity index (χ3n) is 4.76. The molecule has 5 N–H and O–H groups in total. The molecule has 1 atom stereocenters. The molecule has 0 bridgehead atoms. The molecule has 0 aliphatic rings. The summed E-state index contributed by atoms with van der Waals surface area (Å²) >= 11 is 0. The van der Waals surface area contributed by atoms with Gasteiger partial charge >= 0.3 is 6.16 Å². The number of amides is 3. The van der Waals surface area contributed by atoms with Gasteiger partial charge in [0, 0.05) is 17.8 Å². The molecule has 0 saturated carbocycles. The number of hydrogen-bond acceptors (Lipinski definition) is 9. The number of rotatable bonds is 12. The summed E-state index contributed by atoms with van der Waals surface area (Å²) < 4.78 is 9.86. The Hall–Kier alpha value is -5.52. The van der Waals surface area contributed by atoms with Crippen molar-refractivity contribution in [3.63, 3.8) is 0 Å². The van der Waals surface area contributed by atoms with Crippen molar-refractivity contribution < 1.29 is 33.6 Å². The van der Waals surface area contributed by atoms with Crippen LogP contribution >= 0.6 is 0 Å². The fourth-order valence-electron chi connectivity index (χ4n) is 2.19. The van der Waals surface area contributed by atoms with Gasteiger partial charge in [0.15, 0.2) is 0 Å². The average Bonchev–Trinajstić information content (AvgIpc) is 2.92. The van der Waals surface area contributed by atoms with E-state index in [1.54, 1.807) is 30.7 Å². The van der Waals surface area contributed by atoms with Crippen molar-refractivity contribution in [3.05, 3.63) is 64.2 Å². The third kappa shape index (κ3) is 19.2. The predicted octanol–water partition coefficient (Wildman–Crippen LogP) is 3.67. The van der Waals surface area contributed by atoms with Crippen LogP contribution in [-0.4, -0.2) is 48.9 Å². The summed E-state index contributed by atoms with van der Waals surface area (Å²) in [6.07, 6.45) is 2.22. The van der Waals surface area contributed by atoms with E-state index in [-0.39, 0.29) is 44.0 Å². The summed E-state index contributed by atoms with van der Waals surface area (Å²) in [5.41, 5.74) is 6.08. The molecular formula is C27H40FmN5O8-. The average molecular weight is 820 g/mol. The van der Waals surface area contributed by atoms with Crippen LogP contribution in [-0.2, 0) is 25.7 Å². The van der Waals surface area contributed by atoms with Crippen molar-refractivity contribution in [1.82, 2.24) is 10.6 Å². The first kappa shape index (κ1) is 40.0. The maximum Gasteiger partial charge on any atom is 0.514 e. The van der Waals surface area contributed by atoms with Crippen molar-refractivity contribution in [2.24, 2.45) is 11.7 Å². The predicted molar refractivity (Wildman–Crippen MR) is 152 cm³/mol. The summed E-state index contributed by atoms with van der Waals surface area (Å²) in [5, 5.41) is 17.9. The number of nitrogens with one attached hydrogen (secondary N) is 3. The van der Waals surface area contributed by atoms with Gasteiger partial charge in [-0.1, -0.05) is 40.3 Å². The zero-order chi connectivity index (χ0) is 29.6. The van der Waals surface area contributed by atoms with Crippen molar-refractivity contribution in [2.75, 3.05) is 18.4 Å². The minimum atomic E-state index is -0.957. The van der Waals surface area contributed by atoms with Crippen molar-refractivity contribution in [1.29, 1.82) is 0 Å². The first-order chi connectivity index (χ1) is 18.6. The Kier molecular flexibility index (Phi) is 23.0. The van der Waals surface area contributed by atoms with Crippen LogP contribution in [0, 0.1) is 16.0 Å². The molecule has 41 heavy (non-hydrogen) atoms. The molecule has 0 aliphatic heterocycles. The van der Waals surface area contributed by atoms with E-state index in [2.05, 4.69) is 36.7 Å². The number of anilines is 1. The molecule has 3 amide bonds. The van der Waals surface area contributed by atoms with E-state index in [1.807, 2.05) is 6.92 Å². The Balaban J connectivity index is -0.000000871. The number of hydrogen-bond donors (Lipinski definition) is 4. The first-order valence-corrected chi connectivity index (χ1v) is 12.0.